The van der Waals surface area contributed by atoms with Gasteiger partial charge in [0.25, 0.3) is 5.92 Å². The van der Waals surface area contributed by atoms with Crippen molar-refractivity contribution in [2.24, 2.45) is 7.05 Å². The Balaban J connectivity index is 0.000000201. The van der Waals surface area contributed by atoms with Gasteiger partial charge >= 0.3 is 0 Å². The van der Waals surface area contributed by atoms with Crippen LogP contribution in [0.3, 0.4) is 0 Å². The monoisotopic (exact) mass is 916 g/mol. The van der Waals surface area contributed by atoms with E-state index in [0.29, 0.717) is 55.0 Å². The molecule has 0 radical (unpaired) electrons. The number of benzene rings is 4. The fourth-order valence-corrected chi connectivity index (χ4v) is 7.28. The molecule has 0 saturated carbocycles. The maximum atomic E-state index is 14.3. The third-order valence-corrected chi connectivity index (χ3v) is 10.6. The number of rotatable bonds is 19. The van der Waals surface area contributed by atoms with E-state index in [0.717, 1.165) is 75.1 Å². The first-order chi connectivity index (χ1) is 32.3. The van der Waals surface area contributed by atoms with Crippen LogP contribution < -0.4 is 34.6 Å². The summed E-state index contributed by atoms with van der Waals surface area (Å²) in [6.07, 6.45) is 11.2. The summed E-state index contributed by atoms with van der Waals surface area (Å²) in [4.78, 5) is 22.8. The first kappa shape index (κ1) is 47.6. The van der Waals surface area contributed by atoms with Gasteiger partial charge in [-0.2, -0.15) is 10.2 Å². The van der Waals surface area contributed by atoms with Crippen molar-refractivity contribution < 1.29 is 27.4 Å². The number of fused-ring (bicyclic) bond motifs is 2. The van der Waals surface area contributed by atoms with Crippen molar-refractivity contribution in [1.82, 2.24) is 50.5 Å². The number of halogens is 3. The number of aromatic nitrogens is 8. The summed E-state index contributed by atoms with van der Waals surface area (Å²) in [7, 11) is 6.59. The minimum Gasteiger partial charge on any atom is -0.497 e. The van der Waals surface area contributed by atoms with E-state index in [4.69, 9.17) is 24.2 Å². The largest absolute Gasteiger partial charge is 0.497 e. The van der Waals surface area contributed by atoms with Gasteiger partial charge in [0.15, 0.2) is 0 Å². The zero-order valence-electron chi connectivity index (χ0n) is 38.6. The highest BCUT2D eigenvalue weighted by atomic mass is 19.3. The molecule has 0 saturated heterocycles. The molecule has 350 valence electrons. The van der Waals surface area contributed by atoms with Crippen molar-refractivity contribution in [1.29, 1.82) is 0 Å². The van der Waals surface area contributed by atoms with Gasteiger partial charge in [-0.1, -0.05) is 13.8 Å². The Hall–Kier alpha value is -7.31. The first-order valence-electron chi connectivity index (χ1n) is 21.8. The number of ether oxygens (including phenoxy) is 3. The first-order valence-corrected chi connectivity index (χ1v) is 21.8. The second-order valence-corrected chi connectivity index (χ2v) is 16.2. The molecule has 4 aromatic carbocycles. The van der Waals surface area contributed by atoms with Gasteiger partial charge in [-0.25, -0.2) is 23.1 Å². The van der Waals surface area contributed by atoms with E-state index in [1.807, 2.05) is 72.7 Å². The normalized spacial score (nSPS) is 11.4. The molecule has 3 N–H and O–H groups in total. The maximum absolute atomic E-state index is 14.3. The second-order valence-electron chi connectivity index (χ2n) is 16.2. The van der Waals surface area contributed by atoms with Gasteiger partial charge in [0, 0.05) is 116 Å². The summed E-state index contributed by atoms with van der Waals surface area (Å²) >= 11 is 0. The van der Waals surface area contributed by atoms with Crippen molar-refractivity contribution >= 4 is 44.8 Å². The number of aromatic amines is 1. The summed E-state index contributed by atoms with van der Waals surface area (Å²) in [5.74, 6) is -1.32. The summed E-state index contributed by atoms with van der Waals surface area (Å²) < 4.78 is 58.6. The highest BCUT2D eigenvalue weighted by Crippen LogP contribution is 2.35. The fourth-order valence-electron chi connectivity index (χ4n) is 7.28. The van der Waals surface area contributed by atoms with E-state index in [-0.39, 0.29) is 12.4 Å². The van der Waals surface area contributed by atoms with Crippen LogP contribution in [0.4, 0.5) is 35.9 Å². The average Bonchev–Trinajstić information content (AvgIpc) is 4.03. The molecule has 0 spiro atoms. The van der Waals surface area contributed by atoms with E-state index in [2.05, 4.69) is 54.6 Å². The lowest BCUT2D eigenvalue weighted by molar-refractivity contribution is 0.0229. The van der Waals surface area contributed by atoms with Crippen LogP contribution >= 0.6 is 0 Å². The SMILES string of the molecule is COc1cc(F)cc(N(CCNC(C)C)c2ccc3ncc(-c4cn[nH]c4)nc3c2)c1.COc1cc(OC)cc(N(CCCNCC(C)(F)F)c2ccc3ncc(-c4cnn(C)c4)nc3c2)c1. The Kier molecular flexibility index (Phi) is 15.5. The third kappa shape index (κ3) is 12.7. The molecule has 0 aliphatic heterocycles. The number of hydrogen-bond acceptors (Lipinski definition) is 13. The minimum atomic E-state index is -2.75. The van der Waals surface area contributed by atoms with Crippen LogP contribution in [0.5, 0.6) is 17.2 Å². The summed E-state index contributed by atoms with van der Waals surface area (Å²) in [5, 5.41) is 17.2. The van der Waals surface area contributed by atoms with Crippen molar-refractivity contribution in [3.05, 3.63) is 116 Å². The molecule has 4 aromatic heterocycles. The molecule has 0 amide bonds. The molecular weight excluding hydrogens is 862 g/mol. The lowest BCUT2D eigenvalue weighted by Gasteiger charge is -2.26. The van der Waals surface area contributed by atoms with Gasteiger partial charge in [0.1, 0.15) is 23.1 Å². The Labute approximate surface area is 387 Å². The molecule has 18 heteroatoms. The van der Waals surface area contributed by atoms with Gasteiger partial charge < -0.3 is 34.6 Å². The van der Waals surface area contributed by atoms with Crippen LogP contribution in [0.1, 0.15) is 27.2 Å². The molecule has 15 nitrogen and oxygen atoms in total. The Morgan fingerprint density at radius 1 is 0.687 bits per heavy atom. The minimum absolute atomic E-state index is 0.348. The van der Waals surface area contributed by atoms with Crippen molar-refractivity contribution in [2.75, 3.05) is 63.9 Å². The third-order valence-electron chi connectivity index (χ3n) is 10.6. The zero-order chi connectivity index (χ0) is 47.5. The van der Waals surface area contributed by atoms with E-state index in [1.165, 1.54) is 19.2 Å². The number of alkyl halides is 2. The van der Waals surface area contributed by atoms with Gasteiger partial charge in [-0.05, 0) is 55.4 Å². The van der Waals surface area contributed by atoms with E-state index < -0.39 is 5.92 Å². The van der Waals surface area contributed by atoms with Gasteiger partial charge in [0.05, 0.1) is 86.1 Å². The summed E-state index contributed by atoms with van der Waals surface area (Å²) in [6.45, 7) is 7.13. The van der Waals surface area contributed by atoms with Gasteiger partial charge in [-0.15, -0.1) is 0 Å². The maximum Gasteiger partial charge on any atom is 0.257 e. The van der Waals surface area contributed by atoms with Gasteiger partial charge in [0.2, 0.25) is 0 Å². The molecule has 0 aliphatic rings. The van der Waals surface area contributed by atoms with Crippen LogP contribution in [0.2, 0.25) is 0 Å². The van der Waals surface area contributed by atoms with E-state index >= 15 is 0 Å². The molecule has 4 heterocycles. The van der Waals surface area contributed by atoms with E-state index in [9.17, 15) is 13.2 Å². The highest BCUT2D eigenvalue weighted by molar-refractivity contribution is 5.84. The zero-order valence-corrected chi connectivity index (χ0v) is 38.6. The Morgan fingerprint density at radius 3 is 1.81 bits per heavy atom. The predicted molar refractivity (Wildman–Crippen MR) is 257 cm³/mol. The number of anilines is 4. The van der Waals surface area contributed by atoms with Crippen LogP contribution in [-0.4, -0.2) is 106 Å². The molecule has 0 aliphatic carbocycles. The van der Waals surface area contributed by atoms with Gasteiger partial charge in [-0.3, -0.25) is 19.7 Å². The van der Waals surface area contributed by atoms with Crippen molar-refractivity contribution in [3.8, 4) is 39.8 Å². The lowest BCUT2D eigenvalue weighted by Crippen LogP contribution is -2.32. The summed E-state index contributed by atoms with van der Waals surface area (Å²) in [5.41, 5.74) is 9.58. The fraction of sp³-hybridized carbons (Fsp3) is 0.306. The molecule has 67 heavy (non-hydrogen) atoms. The Bertz CT molecular complexity index is 2850. The van der Waals surface area contributed by atoms with Crippen LogP contribution in [0, 0.1) is 5.82 Å². The lowest BCUT2D eigenvalue weighted by atomic mass is 10.1. The quantitative estimate of drug-likeness (QED) is 0.0661. The molecule has 0 bridgehead atoms. The van der Waals surface area contributed by atoms with Crippen molar-refractivity contribution in [3.63, 3.8) is 0 Å². The second kappa shape index (κ2) is 21.8. The number of methoxy groups -OCH3 is 3. The van der Waals surface area contributed by atoms with Crippen LogP contribution in [0.15, 0.2) is 110 Å². The number of H-pyrrole nitrogens is 1. The van der Waals surface area contributed by atoms with E-state index in [1.54, 1.807) is 56.0 Å². The predicted octanol–water partition coefficient (Wildman–Crippen LogP) is 9.12. The molecule has 0 atom stereocenters. The Morgan fingerprint density at radius 2 is 1.27 bits per heavy atom. The highest BCUT2D eigenvalue weighted by Gasteiger charge is 2.20. The summed E-state index contributed by atoms with van der Waals surface area (Å²) in [6, 6.07) is 22.4. The standard InChI is InChI=1S/C26H30F2N6O2.C23H25FN6O/c1-26(27,28)17-29-8-5-9-34(20-10-21(35-3)13-22(11-20)36-4)19-6-7-23-24(12-19)32-25(15-30-23)18-14-31-33(2)16-18;1-15(2)25-6-7-30(19-8-17(24)9-20(10-19)31-3)18-4-5-21-22(11-18)29-23(14-26-21)16-12-27-28-13-16/h6-7,10-16,29H,5,8-9,17H2,1-4H3;4-5,8-15,25H,6-7H2,1-3H3,(H,27,28). The molecule has 8 rings (SSSR count). The molecule has 0 fully saturated rings. The number of nitrogens with zero attached hydrogens (tertiary/aromatic N) is 9. The number of nitrogens with one attached hydrogen (secondary N) is 3. The molecular formula is C49H55F3N12O3. The number of aryl methyl sites for hydroxylation is 1. The average molecular weight is 917 g/mol. The van der Waals surface area contributed by atoms with Crippen LogP contribution in [0.25, 0.3) is 44.6 Å². The smallest absolute Gasteiger partial charge is 0.257 e. The van der Waals surface area contributed by atoms with Crippen LogP contribution in [-0.2, 0) is 7.05 Å². The topological polar surface area (TPSA) is 156 Å². The molecule has 0 unspecified atom stereocenters. The van der Waals surface area contributed by atoms with Crippen molar-refractivity contribution in [2.45, 2.75) is 39.2 Å². The molecule has 8 aromatic rings. The number of hydrogen-bond donors (Lipinski definition) is 3.